The maximum absolute atomic E-state index is 12.9. The molecule has 1 saturated carbocycles. The summed E-state index contributed by atoms with van der Waals surface area (Å²) in [5, 5.41) is 2.96. The molecule has 2 atom stereocenters. The van der Waals surface area contributed by atoms with Crippen LogP contribution in [0.3, 0.4) is 0 Å². The molecule has 1 amide bonds. The predicted molar refractivity (Wildman–Crippen MR) is 63.1 cm³/mol. The molecule has 0 saturated heterocycles. The Morgan fingerprint density at radius 2 is 2.35 bits per heavy atom. The zero-order valence-corrected chi connectivity index (χ0v) is 9.95. The van der Waals surface area contributed by atoms with Gasteiger partial charge in [-0.3, -0.25) is 4.79 Å². The Bertz CT molecular complexity index is 408. The summed E-state index contributed by atoms with van der Waals surface area (Å²) >= 11 is 0. The van der Waals surface area contributed by atoms with Crippen molar-refractivity contribution in [1.82, 2.24) is 10.3 Å². The van der Waals surface area contributed by atoms with E-state index in [-0.39, 0.29) is 11.9 Å². The van der Waals surface area contributed by atoms with Gasteiger partial charge in [-0.1, -0.05) is 19.8 Å². The minimum Gasteiger partial charge on any atom is -0.349 e. The molecule has 1 aromatic rings. The van der Waals surface area contributed by atoms with E-state index in [1.54, 1.807) is 0 Å². The average molecular weight is 236 g/mol. The predicted octanol–water partition coefficient (Wildman–Crippen LogP) is 2.53. The summed E-state index contributed by atoms with van der Waals surface area (Å²) in [6, 6.07) is 2.93. The van der Waals surface area contributed by atoms with Crippen molar-refractivity contribution in [1.29, 1.82) is 0 Å². The highest BCUT2D eigenvalue weighted by molar-refractivity contribution is 5.94. The number of aromatic nitrogens is 1. The van der Waals surface area contributed by atoms with Crippen molar-refractivity contribution in [2.45, 2.75) is 38.6 Å². The van der Waals surface area contributed by atoms with E-state index in [0.29, 0.717) is 11.5 Å². The largest absolute Gasteiger partial charge is 0.349 e. The molecule has 3 nitrogen and oxygen atoms in total. The van der Waals surface area contributed by atoms with Gasteiger partial charge in [0.25, 0.3) is 5.91 Å². The van der Waals surface area contributed by atoms with Gasteiger partial charge in [0.1, 0.15) is 0 Å². The highest BCUT2D eigenvalue weighted by Crippen LogP contribution is 2.23. The Kier molecular flexibility index (Phi) is 3.71. The lowest BCUT2D eigenvalue weighted by Crippen LogP contribution is -2.38. The number of carbonyl (C=O) groups is 1. The molecule has 0 radical (unpaired) electrons. The van der Waals surface area contributed by atoms with Gasteiger partial charge >= 0.3 is 0 Å². The number of carbonyl (C=O) groups excluding carboxylic acids is 1. The average Bonchev–Trinajstić information content (AvgIpc) is 2.29. The van der Waals surface area contributed by atoms with E-state index in [0.717, 1.165) is 19.3 Å². The summed E-state index contributed by atoms with van der Waals surface area (Å²) in [6.45, 7) is 2.20. The normalized spacial score (nSPS) is 24.4. The van der Waals surface area contributed by atoms with Crippen LogP contribution in [0.2, 0.25) is 0 Å². The zero-order chi connectivity index (χ0) is 12.3. The number of nitrogens with zero attached hydrogens (tertiary/aromatic N) is 1. The van der Waals surface area contributed by atoms with Gasteiger partial charge in [0.2, 0.25) is 5.95 Å². The number of halogens is 1. The van der Waals surface area contributed by atoms with Crippen LogP contribution < -0.4 is 5.32 Å². The van der Waals surface area contributed by atoms with Crippen molar-refractivity contribution in [3.8, 4) is 0 Å². The molecule has 0 aliphatic heterocycles. The van der Waals surface area contributed by atoms with Crippen molar-refractivity contribution in [2.75, 3.05) is 0 Å². The van der Waals surface area contributed by atoms with Crippen LogP contribution >= 0.6 is 0 Å². The van der Waals surface area contributed by atoms with Crippen LogP contribution in [0, 0.1) is 11.9 Å². The van der Waals surface area contributed by atoms with E-state index in [1.165, 1.54) is 24.8 Å². The van der Waals surface area contributed by atoms with E-state index in [1.807, 2.05) is 0 Å². The fourth-order valence-electron chi connectivity index (χ4n) is 2.38. The van der Waals surface area contributed by atoms with Gasteiger partial charge in [0.15, 0.2) is 0 Å². The van der Waals surface area contributed by atoms with E-state index in [2.05, 4.69) is 17.2 Å². The Morgan fingerprint density at radius 3 is 3.06 bits per heavy atom. The third-order valence-corrected chi connectivity index (χ3v) is 3.26. The Morgan fingerprint density at radius 1 is 1.53 bits per heavy atom. The molecule has 4 heteroatoms. The first-order chi connectivity index (χ1) is 8.15. The molecule has 1 fully saturated rings. The molecule has 1 aliphatic carbocycles. The SMILES string of the molecule is C[C@H]1CCC[C@H](NC(=O)c2ccnc(F)c2)C1. The second-order valence-electron chi connectivity index (χ2n) is 4.81. The maximum atomic E-state index is 12.9. The zero-order valence-electron chi connectivity index (χ0n) is 9.95. The van der Waals surface area contributed by atoms with Crippen molar-refractivity contribution >= 4 is 5.91 Å². The summed E-state index contributed by atoms with van der Waals surface area (Å²) in [5.41, 5.74) is 0.343. The number of amides is 1. The Labute approximate surface area is 100 Å². The molecule has 1 aromatic heterocycles. The summed E-state index contributed by atoms with van der Waals surface area (Å²) in [5.74, 6) is -0.164. The van der Waals surface area contributed by atoms with Crippen LogP contribution in [0.15, 0.2) is 18.3 Å². The van der Waals surface area contributed by atoms with Gasteiger partial charge in [0, 0.05) is 23.9 Å². The van der Waals surface area contributed by atoms with Crippen LogP contribution in [0.25, 0.3) is 0 Å². The maximum Gasteiger partial charge on any atom is 0.251 e. The first-order valence-corrected chi connectivity index (χ1v) is 6.07. The van der Waals surface area contributed by atoms with Crippen molar-refractivity contribution in [3.05, 3.63) is 29.8 Å². The molecule has 0 bridgehead atoms. The monoisotopic (exact) mass is 236 g/mol. The lowest BCUT2D eigenvalue weighted by atomic mass is 9.87. The molecule has 1 N–H and O–H groups in total. The molecule has 17 heavy (non-hydrogen) atoms. The van der Waals surface area contributed by atoms with E-state index in [4.69, 9.17) is 0 Å². The van der Waals surface area contributed by atoms with Gasteiger partial charge in [0.05, 0.1) is 0 Å². The molecule has 0 aromatic carbocycles. The highest BCUT2D eigenvalue weighted by Gasteiger charge is 2.20. The fourth-order valence-corrected chi connectivity index (χ4v) is 2.38. The molecule has 0 unspecified atom stereocenters. The molecule has 2 rings (SSSR count). The van der Waals surface area contributed by atoms with Gasteiger partial charge in [-0.25, -0.2) is 4.98 Å². The summed E-state index contributed by atoms with van der Waals surface area (Å²) in [6.07, 6.45) is 5.73. The van der Waals surface area contributed by atoms with Crippen LogP contribution in [-0.4, -0.2) is 16.9 Å². The van der Waals surface area contributed by atoms with Crippen LogP contribution in [0.4, 0.5) is 4.39 Å². The van der Waals surface area contributed by atoms with E-state index >= 15 is 0 Å². The standard InChI is InChI=1S/C13H17FN2O/c1-9-3-2-4-11(7-9)16-13(17)10-5-6-15-12(14)8-10/h5-6,8-9,11H,2-4,7H2,1H3,(H,16,17)/t9-,11-/m0/s1. The smallest absolute Gasteiger partial charge is 0.251 e. The second-order valence-corrected chi connectivity index (χ2v) is 4.81. The van der Waals surface area contributed by atoms with Crippen molar-refractivity contribution < 1.29 is 9.18 Å². The fraction of sp³-hybridized carbons (Fsp3) is 0.538. The minimum absolute atomic E-state index is 0.203. The minimum atomic E-state index is -0.616. The summed E-state index contributed by atoms with van der Waals surface area (Å²) in [4.78, 5) is 15.3. The van der Waals surface area contributed by atoms with Crippen LogP contribution in [0.1, 0.15) is 43.0 Å². The third-order valence-electron chi connectivity index (χ3n) is 3.26. The van der Waals surface area contributed by atoms with E-state index in [9.17, 15) is 9.18 Å². The first kappa shape index (κ1) is 12.0. The lowest BCUT2D eigenvalue weighted by molar-refractivity contribution is 0.0920. The van der Waals surface area contributed by atoms with Gasteiger partial charge in [-0.05, 0) is 24.8 Å². The number of hydrogen-bond acceptors (Lipinski definition) is 2. The van der Waals surface area contributed by atoms with Gasteiger partial charge < -0.3 is 5.32 Å². The molecule has 92 valence electrons. The number of pyridine rings is 1. The number of hydrogen-bond donors (Lipinski definition) is 1. The topological polar surface area (TPSA) is 42.0 Å². The summed E-state index contributed by atoms with van der Waals surface area (Å²) < 4.78 is 12.9. The van der Waals surface area contributed by atoms with Crippen molar-refractivity contribution in [3.63, 3.8) is 0 Å². The second kappa shape index (κ2) is 5.25. The lowest BCUT2D eigenvalue weighted by Gasteiger charge is -2.27. The molecule has 0 spiro atoms. The van der Waals surface area contributed by atoms with Crippen LogP contribution in [0.5, 0.6) is 0 Å². The van der Waals surface area contributed by atoms with Crippen LogP contribution in [-0.2, 0) is 0 Å². The van der Waals surface area contributed by atoms with E-state index < -0.39 is 5.95 Å². The van der Waals surface area contributed by atoms with Crippen molar-refractivity contribution in [2.24, 2.45) is 5.92 Å². The number of rotatable bonds is 2. The Hall–Kier alpha value is -1.45. The summed E-state index contributed by atoms with van der Waals surface area (Å²) in [7, 11) is 0. The van der Waals surface area contributed by atoms with Gasteiger partial charge in [-0.2, -0.15) is 4.39 Å². The number of nitrogens with one attached hydrogen (secondary N) is 1. The molecule has 1 aliphatic rings. The Balaban J connectivity index is 1.97. The first-order valence-electron chi connectivity index (χ1n) is 6.07. The molecular formula is C13H17FN2O. The van der Waals surface area contributed by atoms with Gasteiger partial charge in [-0.15, -0.1) is 0 Å². The highest BCUT2D eigenvalue weighted by atomic mass is 19.1. The quantitative estimate of drug-likeness (QED) is 0.802. The molecule has 1 heterocycles. The molecular weight excluding hydrogens is 219 g/mol. The third kappa shape index (κ3) is 3.25.